The maximum Gasteiger partial charge on any atom is 0.180 e. The van der Waals surface area contributed by atoms with Crippen LogP contribution >= 0.6 is 35.3 Å². The van der Waals surface area contributed by atoms with Gasteiger partial charge in [-0.05, 0) is 12.1 Å². The number of thiazole rings is 1. The second kappa shape index (κ2) is 7.31. The minimum absolute atomic E-state index is 0. The predicted molar refractivity (Wildman–Crippen MR) is 92.7 cm³/mol. The van der Waals surface area contributed by atoms with Gasteiger partial charge in [-0.25, -0.2) is 4.98 Å². The van der Waals surface area contributed by atoms with E-state index in [1.807, 2.05) is 24.4 Å². The van der Waals surface area contributed by atoms with E-state index in [4.69, 9.17) is 17.3 Å². The molecule has 0 unspecified atom stereocenters. The third-order valence-electron chi connectivity index (χ3n) is 3.52. The summed E-state index contributed by atoms with van der Waals surface area (Å²) in [6.07, 6.45) is 1.88. The molecule has 0 aliphatic carbocycles. The number of piperazine rings is 1. The lowest BCUT2D eigenvalue weighted by molar-refractivity contribution is 0.252. The molecule has 1 fully saturated rings. The summed E-state index contributed by atoms with van der Waals surface area (Å²) in [5.74, 6) is 0. The van der Waals surface area contributed by atoms with Crippen molar-refractivity contribution in [1.29, 1.82) is 0 Å². The lowest BCUT2D eigenvalue weighted by atomic mass is 10.2. The van der Waals surface area contributed by atoms with Gasteiger partial charge in [-0.1, -0.05) is 23.7 Å². The first-order chi connectivity index (χ1) is 9.72. The topological polar surface area (TPSA) is 45.4 Å². The quantitative estimate of drug-likeness (QED) is 0.928. The van der Waals surface area contributed by atoms with E-state index >= 15 is 0 Å². The zero-order valence-electron chi connectivity index (χ0n) is 11.5. The molecule has 0 amide bonds. The van der Waals surface area contributed by atoms with E-state index in [2.05, 4.69) is 20.9 Å². The van der Waals surface area contributed by atoms with Crippen LogP contribution in [0.4, 0.5) is 10.8 Å². The summed E-state index contributed by atoms with van der Waals surface area (Å²) in [6.45, 7) is 4.99. The summed E-state index contributed by atoms with van der Waals surface area (Å²) < 4.78 is 0. The second-order valence-electron chi connectivity index (χ2n) is 4.88. The van der Waals surface area contributed by atoms with E-state index in [-0.39, 0.29) is 12.4 Å². The smallest absolute Gasteiger partial charge is 0.180 e. The molecule has 3 rings (SSSR count). The molecule has 0 atom stereocenters. The van der Waals surface area contributed by atoms with Crippen molar-refractivity contribution in [2.45, 2.75) is 6.54 Å². The average molecular weight is 345 g/mol. The molecule has 114 valence electrons. The molecular formula is C14H18Cl2N4S. The van der Waals surface area contributed by atoms with Crippen molar-refractivity contribution in [3.05, 3.63) is 40.4 Å². The largest absolute Gasteiger partial charge is 0.375 e. The van der Waals surface area contributed by atoms with Crippen LogP contribution in [-0.4, -0.2) is 36.1 Å². The van der Waals surface area contributed by atoms with E-state index in [1.54, 1.807) is 11.3 Å². The molecule has 1 aliphatic rings. The van der Waals surface area contributed by atoms with Crippen molar-refractivity contribution in [2.24, 2.45) is 0 Å². The Morgan fingerprint density at radius 1 is 1.19 bits per heavy atom. The summed E-state index contributed by atoms with van der Waals surface area (Å²) >= 11 is 7.82. The predicted octanol–water partition coefficient (Wildman–Crippen LogP) is 3.12. The number of para-hydroxylation sites is 1. The molecule has 1 aromatic carbocycles. The van der Waals surface area contributed by atoms with Gasteiger partial charge < -0.3 is 10.6 Å². The Balaban J connectivity index is 0.00000161. The van der Waals surface area contributed by atoms with E-state index in [1.165, 1.54) is 4.88 Å². The fourth-order valence-corrected chi connectivity index (χ4v) is 3.45. The van der Waals surface area contributed by atoms with Crippen molar-refractivity contribution in [3.63, 3.8) is 0 Å². The number of anilines is 2. The van der Waals surface area contributed by atoms with Crippen LogP contribution in [0.3, 0.4) is 0 Å². The van der Waals surface area contributed by atoms with Gasteiger partial charge in [0.1, 0.15) is 0 Å². The molecule has 0 spiro atoms. The van der Waals surface area contributed by atoms with Crippen LogP contribution in [0.25, 0.3) is 0 Å². The molecule has 1 aromatic heterocycles. The Morgan fingerprint density at radius 2 is 1.90 bits per heavy atom. The number of nitrogens with zero attached hydrogens (tertiary/aromatic N) is 3. The minimum atomic E-state index is 0. The zero-order valence-corrected chi connectivity index (χ0v) is 13.9. The summed E-state index contributed by atoms with van der Waals surface area (Å²) in [7, 11) is 0. The maximum atomic E-state index is 6.25. The van der Waals surface area contributed by atoms with Crippen molar-refractivity contribution in [1.82, 2.24) is 9.88 Å². The molecule has 0 saturated carbocycles. The van der Waals surface area contributed by atoms with Gasteiger partial charge in [-0.2, -0.15) is 0 Å². The molecule has 1 aliphatic heterocycles. The number of hydrogen-bond acceptors (Lipinski definition) is 5. The lowest BCUT2D eigenvalue weighted by Gasteiger charge is -2.36. The van der Waals surface area contributed by atoms with Crippen molar-refractivity contribution in [3.8, 4) is 0 Å². The van der Waals surface area contributed by atoms with Gasteiger partial charge in [-0.15, -0.1) is 23.7 Å². The van der Waals surface area contributed by atoms with E-state index in [0.717, 1.165) is 43.4 Å². The van der Waals surface area contributed by atoms with Crippen molar-refractivity contribution < 1.29 is 0 Å². The van der Waals surface area contributed by atoms with Gasteiger partial charge in [0, 0.05) is 43.8 Å². The third-order valence-corrected chi connectivity index (χ3v) is 4.65. The Morgan fingerprint density at radius 3 is 2.52 bits per heavy atom. The summed E-state index contributed by atoms with van der Waals surface area (Å²) in [5.41, 5.74) is 6.80. The van der Waals surface area contributed by atoms with Gasteiger partial charge in [0.25, 0.3) is 0 Å². The molecule has 2 N–H and O–H groups in total. The molecule has 2 aromatic rings. The monoisotopic (exact) mass is 344 g/mol. The van der Waals surface area contributed by atoms with Crippen LogP contribution in [0.1, 0.15) is 4.88 Å². The highest BCUT2D eigenvalue weighted by Gasteiger charge is 2.19. The van der Waals surface area contributed by atoms with Crippen LogP contribution in [0, 0.1) is 0 Å². The van der Waals surface area contributed by atoms with Gasteiger partial charge >= 0.3 is 0 Å². The number of nitrogen functional groups attached to an aromatic ring is 1. The Kier molecular flexibility index (Phi) is 5.70. The number of benzene rings is 1. The first-order valence-corrected chi connectivity index (χ1v) is 7.84. The number of hydrogen-bond donors (Lipinski definition) is 1. The van der Waals surface area contributed by atoms with Gasteiger partial charge in [-0.3, -0.25) is 4.90 Å². The molecular weight excluding hydrogens is 327 g/mol. The molecule has 2 heterocycles. The minimum Gasteiger partial charge on any atom is -0.375 e. The molecule has 0 bridgehead atoms. The average Bonchev–Trinajstić information content (AvgIpc) is 2.86. The fraction of sp³-hybridized carbons (Fsp3) is 0.357. The lowest BCUT2D eigenvalue weighted by Crippen LogP contribution is -2.45. The molecule has 0 radical (unpaired) electrons. The van der Waals surface area contributed by atoms with E-state index < -0.39 is 0 Å². The zero-order chi connectivity index (χ0) is 13.9. The van der Waals surface area contributed by atoms with Crippen LogP contribution in [0.15, 0.2) is 30.5 Å². The fourth-order valence-electron chi connectivity index (χ4n) is 2.47. The number of nitrogens with two attached hydrogens (primary N) is 1. The van der Waals surface area contributed by atoms with Gasteiger partial charge in [0.05, 0.1) is 10.7 Å². The number of aromatic nitrogens is 1. The first kappa shape index (κ1) is 16.4. The van der Waals surface area contributed by atoms with Crippen molar-refractivity contribution >= 4 is 46.2 Å². The van der Waals surface area contributed by atoms with E-state index in [9.17, 15) is 0 Å². The normalized spacial score (nSPS) is 15.8. The third kappa shape index (κ3) is 4.01. The van der Waals surface area contributed by atoms with Crippen LogP contribution in [-0.2, 0) is 6.54 Å². The molecule has 21 heavy (non-hydrogen) atoms. The molecule has 7 heteroatoms. The Bertz CT molecular complexity index is 582. The number of rotatable bonds is 3. The van der Waals surface area contributed by atoms with Crippen LogP contribution in [0.5, 0.6) is 0 Å². The standard InChI is InChI=1S/C14H17ClN4S.ClH/c15-12-3-1-2-4-13(12)19-7-5-18(6-8-19)10-11-9-17-14(16)20-11;/h1-4,9H,5-8,10H2,(H2,16,17);1H. The SMILES string of the molecule is Cl.Nc1ncc(CN2CCN(c3ccccc3Cl)CC2)s1. The molecule has 4 nitrogen and oxygen atoms in total. The van der Waals surface area contributed by atoms with Crippen molar-refractivity contribution in [2.75, 3.05) is 36.8 Å². The Hall–Kier alpha value is -1.01. The maximum absolute atomic E-state index is 6.25. The first-order valence-electron chi connectivity index (χ1n) is 6.64. The van der Waals surface area contributed by atoms with Crippen LogP contribution < -0.4 is 10.6 Å². The van der Waals surface area contributed by atoms with E-state index in [0.29, 0.717) is 5.13 Å². The van der Waals surface area contributed by atoms with Gasteiger partial charge in [0.2, 0.25) is 0 Å². The Labute approximate surface area is 139 Å². The second-order valence-corrected chi connectivity index (χ2v) is 6.43. The summed E-state index contributed by atoms with van der Waals surface area (Å²) in [6, 6.07) is 8.04. The number of halogens is 2. The highest BCUT2D eigenvalue weighted by atomic mass is 35.5. The highest BCUT2D eigenvalue weighted by molar-refractivity contribution is 7.15. The highest BCUT2D eigenvalue weighted by Crippen LogP contribution is 2.26. The summed E-state index contributed by atoms with van der Waals surface area (Å²) in [4.78, 5) is 10.1. The van der Waals surface area contributed by atoms with Crippen LogP contribution in [0.2, 0.25) is 5.02 Å². The van der Waals surface area contributed by atoms with Gasteiger partial charge in [0.15, 0.2) is 5.13 Å². The molecule has 1 saturated heterocycles. The summed E-state index contributed by atoms with van der Waals surface area (Å²) in [5, 5.41) is 1.48.